The Balaban J connectivity index is 4.07. The number of ether oxygens (including phenoxy) is 1. The van der Waals surface area contributed by atoms with E-state index in [0.717, 1.165) is 6.42 Å². The number of carbonyl (C=O) groups is 3. The van der Waals surface area contributed by atoms with E-state index < -0.39 is 18.0 Å². The minimum atomic E-state index is -1.16. The molecule has 2 N–H and O–H groups in total. The maximum absolute atomic E-state index is 11.5. The van der Waals surface area contributed by atoms with Gasteiger partial charge in [-0.05, 0) is 26.2 Å². The molecule has 1 atom stereocenters. The van der Waals surface area contributed by atoms with Gasteiger partial charge in [0.2, 0.25) is 5.91 Å². The smallest absolute Gasteiger partial charge is 0.326 e. The van der Waals surface area contributed by atoms with Crippen LogP contribution in [0, 0.1) is 12.3 Å². The lowest BCUT2D eigenvalue weighted by Crippen LogP contribution is -2.41. The molecule has 0 aliphatic heterocycles. The molecule has 0 aliphatic rings. The van der Waals surface area contributed by atoms with Crippen LogP contribution in [0.2, 0.25) is 0 Å². The molecule has 0 aliphatic carbocycles. The van der Waals surface area contributed by atoms with Gasteiger partial charge in [-0.15, -0.1) is 12.3 Å². The Bertz CT molecular complexity index is 372. The molecule has 0 rings (SSSR count). The van der Waals surface area contributed by atoms with Gasteiger partial charge in [0.15, 0.2) is 0 Å². The van der Waals surface area contributed by atoms with Crippen molar-refractivity contribution in [2.24, 2.45) is 0 Å². The Morgan fingerprint density at radius 3 is 2.55 bits per heavy atom. The molecule has 0 bridgehead atoms. The Labute approximate surface area is 118 Å². The van der Waals surface area contributed by atoms with Gasteiger partial charge < -0.3 is 15.2 Å². The molecule has 0 spiro atoms. The predicted molar refractivity (Wildman–Crippen MR) is 72.7 cm³/mol. The first kappa shape index (κ1) is 18.0. The number of aliphatic carboxylic acids is 1. The summed E-state index contributed by atoms with van der Waals surface area (Å²) in [4.78, 5) is 33.7. The van der Waals surface area contributed by atoms with Crippen LogP contribution < -0.4 is 5.32 Å². The third kappa shape index (κ3) is 8.97. The van der Waals surface area contributed by atoms with Crippen LogP contribution in [0.5, 0.6) is 0 Å². The lowest BCUT2D eigenvalue weighted by molar-refractivity contribution is -0.145. The molecule has 0 radical (unpaired) electrons. The van der Waals surface area contributed by atoms with Gasteiger partial charge in [0, 0.05) is 19.3 Å². The summed E-state index contributed by atoms with van der Waals surface area (Å²) < 4.78 is 4.71. The highest BCUT2D eigenvalue weighted by Gasteiger charge is 2.20. The van der Waals surface area contributed by atoms with Crippen molar-refractivity contribution in [2.75, 3.05) is 6.61 Å². The van der Waals surface area contributed by atoms with Crippen molar-refractivity contribution in [3.8, 4) is 12.3 Å². The third-order valence-electron chi connectivity index (χ3n) is 2.55. The standard InChI is InChI=1S/C14H21NO5/c1-3-5-6-7-8-12(16)15-11(14(18)19)9-10-13(17)20-4-2/h1,11H,4-10H2,2H3,(H,15,16)(H,18,19)/t11-/m0/s1. The molecule has 0 fully saturated rings. The average Bonchev–Trinajstić information content (AvgIpc) is 2.39. The summed E-state index contributed by atoms with van der Waals surface area (Å²) in [6, 6.07) is -1.07. The van der Waals surface area contributed by atoms with Gasteiger partial charge in [-0.2, -0.15) is 0 Å². The van der Waals surface area contributed by atoms with E-state index in [2.05, 4.69) is 11.2 Å². The van der Waals surface area contributed by atoms with Gasteiger partial charge in [-0.25, -0.2) is 4.79 Å². The van der Waals surface area contributed by atoms with Crippen LogP contribution in [-0.4, -0.2) is 35.6 Å². The van der Waals surface area contributed by atoms with Gasteiger partial charge >= 0.3 is 11.9 Å². The number of carbonyl (C=O) groups excluding carboxylic acids is 2. The van der Waals surface area contributed by atoms with Crippen molar-refractivity contribution in [3.63, 3.8) is 0 Å². The molecule has 0 heterocycles. The molecule has 112 valence electrons. The highest BCUT2D eigenvalue weighted by Crippen LogP contribution is 2.03. The molecule has 20 heavy (non-hydrogen) atoms. The van der Waals surface area contributed by atoms with E-state index in [4.69, 9.17) is 16.3 Å². The van der Waals surface area contributed by atoms with Crippen LogP contribution in [0.1, 0.15) is 45.4 Å². The fourth-order valence-electron chi connectivity index (χ4n) is 1.53. The first-order valence-electron chi connectivity index (χ1n) is 6.62. The topological polar surface area (TPSA) is 92.7 Å². The Hall–Kier alpha value is -2.03. The maximum atomic E-state index is 11.5. The molecule has 0 unspecified atom stereocenters. The van der Waals surface area contributed by atoms with Gasteiger partial charge in [0.1, 0.15) is 6.04 Å². The van der Waals surface area contributed by atoms with Crippen molar-refractivity contribution in [2.45, 2.75) is 51.5 Å². The van der Waals surface area contributed by atoms with Crippen molar-refractivity contribution in [3.05, 3.63) is 0 Å². The monoisotopic (exact) mass is 283 g/mol. The average molecular weight is 283 g/mol. The summed E-state index contributed by atoms with van der Waals surface area (Å²) in [6.45, 7) is 1.92. The molecule has 1 amide bonds. The van der Waals surface area contributed by atoms with Crippen molar-refractivity contribution < 1.29 is 24.2 Å². The number of carboxylic acids is 1. The van der Waals surface area contributed by atoms with E-state index in [1.165, 1.54) is 0 Å². The van der Waals surface area contributed by atoms with Crippen LogP contribution >= 0.6 is 0 Å². The highest BCUT2D eigenvalue weighted by atomic mass is 16.5. The van der Waals surface area contributed by atoms with Gasteiger partial charge in [-0.3, -0.25) is 9.59 Å². The number of carboxylic acid groups (broad SMARTS) is 1. The number of esters is 1. The number of nitrogens with one attached hydrogen (secondary N) is 1. The van der Waals surface area contributed by atoms with E-state index in [-0.39, 0.29) is 31.8 Å². The van der Waals surface area contributed by atoms with Crippen LogP contribution in [-0.2, 0) is 19.1 Å². The normalized spacial score (nSPS) is 11.2. The second kappa shape index (κ2) is 10.9. The summed E-state index contributed by atoms with van der Waals surface area (Å²) in [5, 5.41) is 11.4. The minimum Gasteiger partial charge on any atom is -0.480 e. The fraction of sp³-hybridized carbons (Fsp3) is 0.643. The zero-order valence-electron chi connectivity index (χ0n) is 11.7. The first-order valence-corrected chi connectivity index (χ1v) is 6.62. The molecule has 6 nitrogen and oxygen atoms in total. The first-order chi connectivity index (χ1) is 9.51. The van der Waals surface area contributed by atoms with E-state index in [0.29, 0.717) is 12.8 Å². The quantitative estimate of drug-likeness (QED) is 0.356. The fourth-order valence-corrected chi connectivity index (χ4v) is 1.53. The predicted octanol–water partition coefficient (Wildman–Crippen LogP) is 1.09. The molecule has 0 saturated heterocycles. The van der Waals surface area contributed by atoms with E-state index in [1.54, 1.807) is 6.92 Å². The van der Waals surface area contributed by atoms with Crippen LogP contribution in [0.4, 0.5) is 0 Å². The van der Waals surface area contributed by atoms with Crippen LogP contribution in [0.25, 0.3) is 0 Å². The number of hydrogen-bond acceptors (Lipinski definition) is 4. The largest absolute Gasteiger partial charge is 0.480 e. The van der Waals surface area contributed by atoms with Gasteiger partial charge in [-0.1, -0.05) is 0 Å². The molecule has 0 aromatic heterocycles. The Morgan fingerprint density at radius 2 is 2.00 bits per heavy atom. The van der Waals surface area contributed by atoms with E-state index >= 15 is 0 Å². The Kier molecular flexibility index (Phi) is 9.75. The van der Waals surface area contributed by atoms with Gasteiger partial charge in [0.25, 0.3) is 0 Å². The molecule has 0 aromatic carbocycles. The number of hydrogen-bond donors (Lipinski definition) is 2. The van der Waals surface area contributed by atoms with Crippen LogP contribution in [0.3, 0.4) is 0 Å². The third-order valence-corrected chi connectivity index (χ3v) is 2.55. The summed E-state index contributed by atoms with van der Waals surface area (Å²) in [7, 11) is 0. The van der Waals surface area contributed by atoms with Crippen molar-refractivity contribution >= 4 is 17.8 Å². The molecular formula is C14H21NO5. The number of rotatable bonds is 10. The van der Waals surface area contributed by atoms with E-state index in [9.17, 15) is 14.4 Å². The summed E-state index contributed by atoms with van der Waals surface area (Å²) >= 11 is 0. The zero-order valence-corrected chi connectivity index (χ0v) is 11.7. The maximum Gasteiger partial charge on any atom is 0.326 e. The highest BCUT2D eigenvalue weighted by molar-refractivity contribution is 5.84. The second-order valence-corrected chi connectivity index (χ2v) is 4.21. The molecule has 6 heteroatoms. The number of unbranched alkanes of at least 4 members (excludes halogenated alkanes) is 2. The Morgan fingerprint density at radius 1 is 1.30 bits per heavy atom. The van der Waals surface area contributed by atoms with Gasteiger partial charge in [0.05, 0.1) is 6.61 Å². The second-order valence-electron chi connectivity index (χ2n) is 4.21. The summed E-state index contributed by atoms with van der Waals surface area (Å²) in [5.41, 5.74) is 0. The number of terminal acetylenes is 1. The summed E-state index contributed by atoms with van der Waals surface area (Å²) in [6.07, 6.45) is 7.23. The summed E-state index contributed by atoms with van der Waals surface area (Å²) in [5.74, 6) is 0.488. The van der Waals surface area contributed by atoms with Crippen LogP contribution in [0.15, 0.2) is 0 Å². The van der Waals surface area contributed by atoms with E-state index in [1.807, 2.05) is 0 Å². The minimum absolute atomic E-state index is 0.0181. The number of amides is 1. The van der Waals surface area contributed by atoms with Crippen molar-refractivity contribution in [1.82, 2.24) is 5.32 Å². The zero-order chi connectivity index (χ0) is 15.4. The molecular weight excluding hydrogens is 262 g/mol. The van der Waals surface area contributed by atoms with Crippen molar-refractivity contribution in [1.29, 1.82) is 0 Å². The lowest BCUT2D eigenvalue weighted by Gasteiger charge is -2.14. The molecule has 0 aromatic rings. The molecule has 0 saturated carbocycles. The lowest BCUT2D eigenvalue weighted by atomic mass is 10.1. The SMILES string of the molecule is C#CCCCCC(=O)N[C@@H](CCC(=O)OCC)C(=O)O.